The van der Waals surface area contributed by atoms with Gasteiger partial charge in [0.2, 0.25) is 0 Å². The summed E-state index contributed by atoms with van der Waals surface area (Å²) in [4.78, 5) is 2.44. The van der Waals surface area contributed by atoms with Crippen molar-refractivity contribution in [2.45, 2.75) is 50.7 Å². The molecule has 2 fully saturated rings. The molecule has 128 valence electrons. The largest absolute Gasteiger partial charge is 0.497 e. The molecule has 0 amide bonds. The van der Waals surface area contributed by atoms with Crippen molar-refractivity contribution < 1.29 is 14.2 Å². The van der Waals surface area contributed by atoms with Gasteiger partial charge >= 0.3 is 0 Å². The molecule has 0 aliphatic carbocycles. The summed E-state index contributed by atoms with van der Waals surface area (Å²) in [7, 11) is 1.71. The Labute approximate surface area is 139 Å². The second kappa shape index (κ2) is 8.55. The molecule has 4 nitrogen and oxygen atoms in total. The summed E-state index contributed by atoms with van der Waals surface area (Å²) in [5, 5.41) is 0. The van der Waals surface area contributed by atoms with E-state index in [1.807, 2.05) is 12.1 Å². The Bertz CT molecular complexity index is 430. The van der Waals surface area contributed by atoms with Gasteiger partial charge in [0.25, 0.3) is 0 Å². The van der Waals surface area contributed by atoms with Crippen molar-refractivity contribution in [3.05, 3.63) is 24.3 Å². The van der Waals surface area contributed by atoms with Crippen molar-refractivity contribution in [2.75, 3.05) is 38.3 Å². The third kappa shape index (κ3) is 4.85. The molecule has 0 spiro atoms. The lowest BCUT2D eigenvalue weighted by Crippen LogP contribution is -2.41. The predicted octanol–water partition coefficient (Wildman–Crippen LogP) is 3.64. The first-order chi connectivity index (χ1) is 11.3. The van der Waals surface area contributed by atoms with E-state index in [9.17, 15) is 0 Å². The van der Waals surface area contributed by atoms with Gasteiger partial charge in [-0.05, 0) is 62.8 Å². The highest BCUT2D eigenvalue weighted by Crippen LogP contribution is 2.24. The molecular formula is C19H29NO3. The van der Waals surface area contributed by atoms with E-state index in [-0.39, 0.29) is 0 Å². The molecule has 0 bridgehead atoms. The highest BCUT2D eigenvalue weighted by atomic mass is 16.5. The van der Waals surface area contributed by atoms with Crippen LogP contribution in [0.2, 0.25) is 0 Å². The second-order valence-corrected chi connectivity index (χ2v) is 6.58. The van der Waals surface area contributed by atoms with Gasteiger partial charge in [0.15, 0.2) is 0 Å². The molecule has 0 saturated carbocycles. The lowest BCUT2D eigenvalue weighted by Gasteiger charge is -2.35. The molecule has 23 heavy (non-hydrogen) atoms. The smallest absolute Gasteiger partial charge is 0.119 e. The van der Waals surface area contributed by atoms with Crippen molar-refractivity contribution in [1.29, 1.82) is 0 Å². The molecule has 2 unspecified atom stereocenters. The Morgan fingerprint density at radius 1 is 0.913 bits per heavy atom. The Kier molecular flexibility index (Phi) is 6.17. The van der Waals surface area contributed by atoms with Gasteiger partial charge in [-0.1, -0.05) is 0 Å². The van der Waals surface area contributed by atoms with E-state index in [0.717, 1.165) is 44.9 Å². The van der Waals surface area contributed by atoms with E-state index in [4.69, 9.17) is 14.2 Å². The Hall–Kier alpha value is -1.26. The van der Waals surface area contributed by atoms with Crippen LogP contribution in [0.25, 0.3) is 0 Å². The summed E-state index contributed by atoms with van der Waals surface area (Å²) in [6, 6.07) is 8.35. The van der Waals surface area contributed by atoms with E-state index < -0.39 is 0 Å². The quantitative estimate of drug-likeness (QED) is 0.801. The van der Waals surface area contributed by atoms with Crippen LogP contribution in [0, 0.1) is 0 Å². The molecule has 2 saturated heterocycles. The van der Waals surface area contributed by atoms with Crippen molar-refractivity contribution >= 4 is 5.69 Å². The van der Waals surface area contributed by atoms with Crippen LogP contribution in [0.15, 0.2) is 24.3 Å². The van der Waals surface area contributed by atoms with Gasteiger partial charge in [-0.3, -0.25) is 0 Å². The lowest BCUT2D eigenvalue weighted by atomic mass is 10.1. The summed E-state index contributed by atoms with van der Waals surface area (Å²) in [5.41, 5.74) is 1.23. The van der Waals surface area contributed by atoms with Crippen LogP contribution < -0.4 is 9.64 Å². The normalized spacial score (nSPS) is 25.1. The Balaban J connectivity index is 1.67. The molecular weight excluding hydrogens is 290 g/mol. The zero-order valence-corrected chi connectivity index (χ0v) is 14.2. The molecule has 0 N–H and O–H groups in total. The zero-order valence-electron chi connectivity index (χ0n) is 14.2. The van der Waals surface area contributed by atoms with E-state index in [2.05, 4.69) is 17.0 Å². The van der Waals surface area contributed by atoms with Gasteiger partial charge in [0, 0.05) is 32.0 Å². The third-order valence-electron chi connectivity index (χ3n) is 4.83. The fourth-order valence-electron chi connectivity index (χ4n) is 3.47. The van der Waals surface area contributed by atoms with E-state index in [1.54, 1.807) is 7.11 Å². The van der Waals surface area contributed by atoms with E-state index in [1.165, 1.54) is 31.4 Å². The average Bonchev–Trinajstić information content (AvgIpc) is 2.63. The number of hydrogen-bond donors (Lipinski definition) is 0. The third-order valence-corrected chi connectivity index (χ3v) is 4.83. The fourth-order valence-corrected chi connectivity index (χ4v) is 3.47. The maximum atomic E-state index is 5.96. The number of rotatable bonds is 6. The molecule has 0 radical (unpaired) electrons. The number of nitrogens with zero attached hydrogens (tertiary/aromatic N) is 1. The summed E-state index contributed by atoms with van der Waals surface area (Å²) in [6.07, 6.45) is 7.97. The molecule has 2 heterocycles. The van der Waals surface area contributed by atoms with E-state index in [0.29, 0.717) is 12.2 Å². The fraction of sp³-hybridized carbons (Fsp3) is 0.684. The number of hydrogen-bond acceptors (Lipinski definition) is 4. The maximum absolute atomic E-state index is 5.96. The molecule has 2 atom stereocenters. The minimum Gasteiger partial charge on any atom is -0.497 e. The van der Waals surface area contributed by atoms with Crippen LogP contribution in [-0.4, -0.2) is 45.6 Å². The van der Waals surface area contributed by atoms with Gasteiger partial charge < -0.3 is 19.1 Å². The average molecular weight is 319 g/mol. The molecule has 1 aromatic carbocycles. The number of benzene rings is 1. The Morgan fingerprint density at radius 3 is 1.91 bits per heavy atom. The van der Waals surface area contributed by atoms with Crippen LogP contribution in [0.3, 0.4) is 0 Å². The van der Waals surface area contributed by atoms with Crippen molar-refractivity contribution in [2.24, 2.45) is 0 Å². The molecule has 2 aliphatic heterocycles. The Morgan fingerprint density at radius 2 is 1.48 bits per heavy atom. The topological polar surface area (TPSA) is 30.9 Å². The summed E-state index contributed by atoms with van der Waals surface area (Å²) in [6.45, 7) is 3.71. The number of anilines is 1. The second-order valence-electron chi connectivity index (χ2n) is 6.58. The minimum absolute atomic E-state index is 0.342. The highest BCUT2D eigenvalue weighted by Gasteiger charge is 2.22. The molecule has 4 heteroatoms. The van der Waals surface area contributed by atoms with E-state index >= 15 is 0 Å². The van der Waals surface area contributed by atoms with Crippen LogP contribution >= 0.6 is 0 Å². The van der Waals surface area contributed by atoms with Crippen LogP contribution in [0.1, 0.15) is 38.5 Å². The van der Waals surface area contributed by atoms with Gasteiger partial charge in [-0.15, -0.1) is 0 Å². The van der Waals surface area contributed by atoms with Gasteiger partial charge in [0.1, 0.15) is 5.75 Å². The maximum Gasteiger partial charge on any atom is 0.119 e. The highest BCUT2D eigenvalue weighted by molar-refractivity contribution is 5.49. The van der Waals surface area contributed by atoms with Gasteiger partial charge in [-0.25, -0.2) is 0 Å². The monoisotopic (exact) mass is 319 g/mol. The molecule has 3 rings (SSSR count). The summed E-state index contributed by atoms with van der Waals surface area (Å²) >= 11 is 0. The van der Waals surface area contributed by atoms with Crippen molar-refractivity contribution in [1.82, 2.24) is 0 Å². The minimum atomic E-state index is 0.342. The standard InChI is InChI=1S/C19H29NO3/c1-21-17-10-8-16(9-11-17)20(14-18-6-2-4-12-22-18)15-19-7-3-5-13-23-19/h8-11,18-19H,2-7,12-15H2,1H3. The number of methoxy groups -OCH3 is 1. The zero-order chi connectivity index (χ0) is 15.9. The predicted molar refractivity (Wildman–Crippen MR) is 92.4 cm³/mol. The van der Waals surface area contributed by atoms with Gasteiger partial charge in [0.05, 0.1) is 19.3 Å². The molecule has 0 aromatic heterocycles. The summed E-state index contributed by atoms with van der Waals surface area (Å²) < 4.78 is 17.2. The summed E-state index contributed by atoms with van der Waals surface area (Å²) in [5.74, 6) is 0.900. The van der Waals surface area contributed by atoms with Crippen LogP contribution in [0.4, 0.5) is 5.69 Å². The lowest BCUT2D eigenvalue weighted by molar-refractivity contribution is 0.00816. The van der Waals surface area contributed by atoms with Gasteiger partial charge in [-0.2, -0.15) is 0 Å². The molecule has 2 aliphatic rings. The van der Waals surface area contributed by atoms with Crippen molar-refractivity contribution in [3.63, 3.8) is 0 Å². The first-order valence-corrected chi connectivity index (χ1v) is 8.97. The first-order valence-electron chi connectivity index (χ1n) is 8.97. The first kappa shape index (κ1) is 16.6. The number of ether oxygens (including phenoxy) is 3. The SMILES string of the molecule is COc1ccc(N(CC2CCCCO2)CC2CCCCO2)cc1. The van der Waals surface area contributed by atoms with Crippen LogP contribution in [0.5, 0.6) is 5.75 Å². The molecule has 1 aromatic rings. The van der Waals surface area contributed by atoms with Crippen molar-refractivity contribution in [3.8, 4) is 5.75 Å². The van der Waals surface area contributed by atoms with Crippen LogP contribution in [-0.2, 0) is 9.47 Å².